The molecule has 0 fully saturated rings. The molecule has 0 aromatic heterocycles. The van der Waals surface area contributed by atoms with Crippen molar-refractivity contribution in [2.24, 2.45) is 0 Å². The zero-order valence-corrected chi connectivity index (χ0v) is 10.1. The van der Waals surface area contributed by atoms with Gasteiger partial charge in [0.05, 0.1) is 0 Å². The molecular weight excluding hydrogens is 232 g/mol. The van der Waals surface area contributed by atoms with Crippen LogP contribution in [0.3, 0.4) is 0 Å². The van der Waals surface area contributed by atoms with Crippen LogP contribution in [0.15, 0.2) is 24.3 Å². The first-order chi connectivity index (χ1) is 8.40. The quantitative estimate of drug-likeness (QED) is 0.583. The van der Waals surface area contributed by atoms with Crippen LogP contribution in [0, 0.1) is 13.8 Å². The van der Waals surface area contributed by atoms with Crippen molar-refractivity contribution in [1.29, 1.82) is 0 Å². The molecule has 4 N–H and O–H groups in total. The zero-order valence-electron chi connectivity index (χ0n) is 10.1. The van der Waals surface area contributed by atoms with Crippen LogP contribution in [-0.2, 0) is 0 Å². The summed E-state index contributed by atoms with van der Waals surface area (Å²) in [5.41, 5.74) is 2.04. The second-order valence-corrected chi connectivity index (χ2v) is 4.36. The fraction of sp³-hybridized carbons (Fsp3) is 0.143. The highest BCUT2D eigenvalue weighted by atomic mass is 16.3. The molecule has 0 saturated heterocycles. The van der Waals surface area contributed by atoms with Gasteiger partial charge in [-0.3, -0.25) is 0 Å². The summed E-state index contributed by atoms with van der Waals surface area (Å²) >= 11 is 0. The minimum atomic E-state index is -0.319. The summed E-state index contributed by atoms with van der Waals surface area (Å²) in [4.78, 5) is 0. The number of aryl methyl sites for hydroxylation is 2. The Hall–Kier alpha value is -2.36. The molecule has 0 heterocycles. The zero-order chi connectivity index (χ0) is 13.4. The van der Waals surface area contributed by atoms with Gasteiger partial charge in [0.2, 0.25) is 0 Å². The molecule has 0 atom stereocenters. The maximum atomic E-state index is 9.84. The average Bonchev–Trinajstić information content (AvgIpc) is 2.28. The van der Waals surface area contributed by atoms with E-state index in [0.29, 0.717) is 0 Å². The Balaban J connectivity index is 2.77. The normalized spacial score (nSPS) is 10.6. The molecule has 0 spiro atoms. The van der Waals surface area contributed by atoms with E-state index in [1.807, 2.05) is 0 Å². The second kappa shape index (κ2) is 4.14. The lowest BCUT2D eigenvalue weighted by Gasteiger charge is -2.11. The lowest BCUT2D eigenvalue weighted by atomic mass is 9.98. The van der Waals surface area contributed by atoms with E-state index in [1.165, 1.54) is 12.1 Å². The Morgan fingerprint density at radius 2 is 0.944 bits per heavy atom. The summed E-state index contributed by atoms with van der Waals surface area (Å²) in [6.07, 6.45) is 0. The Kier molecular flexibility index (Phi) is 2.79. The van der Waals surface area contributed by atoms with Gasteiger partial charge in [-0.05, 0) is 49.2 Å². The van der Waals surface area contributed by atoms with Gasteiger partial charge in [0, 0.05) is 11.1 Å². The Labute approximate surface area is 104 Å². The smallest absolute Gasteiger partial charge is 0.165 e. The fourth-order valence-corrected chi connectivity index (χ4v) is 1.93. The molecule has 18 heavy (non-hydrogen) atoms. The van der Waals surface area contributed by atoms with Crippen LogP contribution in [-0.4, -0.2) is 20.4 Å². The molecule has 2 rings (SSSR count). The van der Waals surface area contributed by atoms with Gasteiger partial charge in [-0.2, -0.15) is 0 Å². The average molecular weight is 246 g/mol. The summed E-state index contributed by atoms with van der Waals surface area (Å²) in [7, 11) is 0. The van der Waals surface area contributed by atoms with Gasteiger partial charge in [-0.15, -0.1) is 0 Å². The molecule has 0 aliphatic heterocycles. The van der Waals surface area contributed by atoms with Crippen molar-refractivity contribution in [1.82, 2.24) is 0 Å². The monoisotopic (exact) mass is 246 g/mol. The summed E-state index contributed by atoms with van der Waals surface area (Å²) in [6, 6.07) is 6.10. The van der Waals surface area contributed by atoms with E-state index >= 15 is 0 Å². The van der Waals surface area contributed by atoms with Crippen LogP contribution < -0.4 is 0 Å². The van der Waals surface area contributed by atoms with Crippen molar-refractivity contribution in [2.75, 3.05) is 0 Å². The highest BCUT2D eigenvalue weighted by Gasteiger charge is 2.16. The first-order valence-corrected chi connectivity index (χ1v) is 5.45. The molecule has 0 aliphatic carbocycles. The molecule has 0 amide bonds. The lowest BCUT2D eigenvalue weighted by Crippen LogP contribution is -1.86. The van der Waals surface area contributed by atoms with Crippen LogP contribution in [0.25, 0.3) is 11.1 Å². The third kappa shape index (κ3) is 1.93. The third-order valence-electron chi connectivity index (χ3n) is 2.76. The molecular formula is C14H14O4. The topological polar surface area (TPSA) is 80.9 Å². The third-order valence-corrected chi connectivity index (χ3v) is 2.76. The predicted octanol–water partition coefficient (Wildman–Crippen LogP) is 2.79. The largest absolute Gasteiger partial charge is 0.504 e. The number of benzene rings is 2. The van der Waals surface area contributed by atoms with E-state index < -0.39 is 0 Å². The molecule has 0 saturated carbocycles. The molecule has 2 aromatic carbocycles. The highest BCUT2D eigenvalue weighted by Crippen LogP contribution is 2.44. The lowest BCUT2D eigenvalue weighted by molar-refractivity contribution is 0.399. The van der Waals surface area contributed by atoms with Gasteiger partial charge < -0.3 is 20.4 Å². The highest BCUT2D eigenvalue weighted by molar-refractivity contribution is 5.80. The number of hydrogen-bond acceptors (Lipinski definition) is 4. The van der Waals surface area contributed by atoms with Gasteiger partial charge >= 0.3 is 0 Å². The molecule has 2 aromatic rings. The Morgan fingerprint density at radius 1 is 0.611 bits per heavy atom. The van der Waals surface area contributed by atoms with E-state index in [4.69, 9.17) is 0 Å². The molecule has 94 valence electrons. The molecule has 4 nitrogen and oxygen atoms in total. The van der Waals surface area contributed by atoms with Crippen molar-refractivity contribution in [3.63, 3.8) is 0 Å². The number of hydrogen-bond donors (Lipinski definition) is 4. The van der Waals surface area contributed by atoms with Crippen LogP contribution in [0.5, 0.6) is 23.0 Å². The predicted molar refractivity (Wildman–Crippen MR) is 68.0 cm³/mol. The second-order valence-electron chi connectivity index (χ2n) is 4.36. The maximum absolute atomic E-state index is 9.84. The van der Waals surface area contributed by atoms with E-state index in [9.17, 15) is 20.4 Å². The minimum absolute atomic E-state index is 0.259. The van der Waals surface area contributed by atoms with E-state index in [-0.39, 0.29) is 34.1 Å². The van der Waals surface area contributed by atoms with Crippen molar-refractivity contribution in [3.05, 3.63) is 35.4 Å². The number of rotatable bonds is 1. The summed E-state index contributed by atoms with van der Waals surface area (Å²) in [5, 5.41) is 38.8. The van der Waals surface area contributed by atoms with Crippen LogP contribution in [0.2, 0.25) is 0 Å². The standard InChI is InChI=1S/C14H14O4/c1-7-3-9(13(17)11(15)5-7)10-4-8(2)6-12(16)14(10)18/h3-6,15-18H,1-2H3. The van der Waals surface area contributed by atoms with Crippen molar-refractivity contribution in [2.45, 2.75) is 13.8 Å². The van der Waals surface area contributed by atoms with Gasteiger partial charge in [-0.1, -0.05) is 0 Å². The number of aromatic hydroxyl groups is 4. The first-order valence-electron chi connectivity index (χ1n) is 5.45. The van der Waals surface area contributed by atoms with Crippen LogP contribution >= 0.6 is 0 Å². The molecule has 0 radical (unpaired) electrons. The van der Waals surface area contributed by atoms with Crippen LogP contribution in [0.1, 0.15) is 11.1 Å². The van der Waals surface area contributed by atoms with Gasteiger partial charge in [0.25, 0.3) is 0 Å². The first kappa shape index (κ1) is 12.1. The Bertz CT molecular complexity index is 562. The van der Waals surface area contributed by atoms with Crippen LogP contribution in [0.4, 0.5) is 0 Å². The van der Waals surface area contributed by atoms with Crippen molar-refractivity contribution in [3.8, 4) is 34.1 Å². The van der Waals surface area contributed by atoms with E-state index in [2.05, 4.69) is 0 Å². The fourth-order valence-electron chi connectivity index (χ4n) is 1.93. The Morgan fingerprint density at radius 3 is 1.28 bits per heavy atom. The van der Waals surface area contributed by atoms with Gasteiger partial charge in [0.1, 0.15) is 0 Å². The van der Waals surface area contributed by atoms with Crippen molar-refractivity contribution < 1.29 is 20.4 Å². The summed E-state index contributed by atoms with van der Waals surface area (Å²) in [6.45, 7) is 3.52. The number of phenolic OH excluding ortho intramolecular Hbond substituents is 4. The number of phenols is 4. The molecule has 4 heteroatoms. The summed E-state index contributed by atoms with van der Waals surface area (Å²) in [5.74, 6) is -1.16. The van der Waals surface area contributed by atoms with Gasteiger partial charge in [-0.25, -0.2) is 0 Å². The maximum Gasteiger partial charge on any atom is 0.165 e. The summed E-state index contributed by atoms with van der Waals surface area (Å²) < 4.78 is 0. The minimum Gasteiger partial charge on any atom is -0.504 e. The van der Waals surface area contributed by atoms with Crippen molar-refractivity contribution >= 4 is 0 Å². The molecule has 0 bridgehead atoms. The van der Waals surface area contributed by atoms with Gasteiger partial charge in [0.15, 0.2) is 23.0 Å². The van der Waals surface area contributed by atoms with E-state index in [1.54, 1.807) is 26.0 Å². The molecule has 0 aliphatic rings. The molecule has 0 unspecified atom stereocenters. The SMILES string of the molecule is Cc1cc(O)c(O)c(-c2cc(C)cc(O)c2O)c1. The van der Waals surface area contributed by atoms with E-state index in [0.717, 1.165) is 11.1 Å².